The predicted octanol–water partition coefficient (Wildman–Crippen LogP) is 9.16. The maximum Gasteiger partial charge on any atom is 0.129 e. The number of benzene rings is 8. The number of hydrogen-bond donors (Lipinski definition) is 6. The molecule has 8 aromatic carbocycles. The Balaban J connectivity index is 1.23. The smallest absolute Gasteiger partial charge is 0.129 e. The van der Waals surface area contributed by atoms with Gasteiger partial charge in [-0.05, 0) is 67.4 Å². The van der Waals surface area contributed by atoms with Crippen molar-refractivity contribution in [3.05, 3.63) is 144 Å². The normalized spacial score (nSPS) is 11.6. The summed E-state index contributed by atoms with van der Waals surface area (Å²) in [6, 6.07) is 37.4. The molecule has 51 heavy (non-hydrogen) atoms. The fourth-order valence-electron chi connectivity index (χ4n) is 7.32. The highest BCUT2D eigenvalue weighted by atomic mass is 16.5. The molecule has 0 fully saturated rings. The first-order valence-corrected chi connectivity index (χ1v) is 16.6. The van der Waals surface area contributed by atoms with E-state index < -0.39 is 0 Å². The molecule has 0 aliphatic rings. The molecule has 0 atom stereocenters. The first-order chi connectivity index (χ1) is 24.9. The zero-order chi connectivity index (χ0) is 35.2. The Morgan fingerprint density at radius 3 is 0.902 bits per heavy atom. The fraction of sp³-hybridized carbons (Fsp3) is 0.0909. The van der Waals surface area contributed by atoms with E-state index in [1.165, 1.54) is 0 Å². The second kappa shape index (κ2) is 13.0. The van der Waals surface area contributed by atoms with Crippen molar-refractivity contribution in [1.29, 1.82) is 0 Å². The van der Waals surface area contributed by atoms with Crippen LogP contribution in [0.15, 0.2) is 121 Å². The van der Waals surface area contributed by atoms with Crippen molar-refractivity contribution < 1.29 is 35.4 Å². The number of phenolic OH excluding ortho intramolecular Hbond substituents is 2. The summed E-state index contributed by atoms with van der Waals surface area (Å²) in [6.45, 7) is -0.809. The maximum atomic E-state index is 11.9. The molecular weight excluding hydrogens is 640 g/mol. The summed E-state index contributed by atoms with van der Waals surface area (Å²) in [6.07, 6.45) is 0. The molecule has 0 aromatic heterocycles. The molecule has 0 radical (unpaired) electrons. The third-order valence-electron chi connectivity index (χ3n) is 9.76. The third kappa shape index (κ3) is 5.36. The number of hydrogen-bond acceptors (Lipinski definition) is 7. The van der Waals surface area contributed by atoms with Crippen molar-refractivity contribution in [1.82, 2.24) is 0 Å². The van der Waals surface area contributed by atoms with Gasteiger partial charge in [0.25, 0.3) is 0 Å². The van der Waals surface area contributed by atoms with Crippen LogP contribution < -0.4 is 0 Å². The Bertz CT molecular complexity index is 2460. The SMILES string of the molecule is OCc1cc2ccccc2c(-c2c(O)c(COCc3cc4ccccc4c(-c4c(O)c(CO)cc5ccccc45)c3O)cc3ccccc23)c1O. The molecule has 0 unspecified atom stereocenters. The molecule has 7 nitrogen and oxygen atoms in total. The molecule has 0 spiro atoms. The molecule has 0 saturated carbocycles. The van der Waals surface area contributed by atoms with Gasteiger partial charge in [0.05, 0.1) is 26.4 Å². The van der Waals surface area contributed by atoms with Gasteiger partial charge < -0.3 is 35.4 Å². The summed E-state index contributed by atoms with van der Waals surface area (Å²) >= 11 is 0. The topological polar surface area (TPSA) is 131 Å². The molecule has 0 bridgehead atoms. The van der Waals surface area contributed by atoms with E-state index in [4.69, 9.17) is 4.74 Å². The van der Waals surface area contributed by atoms with Gasteiger partial charge in [-0.25, -0.2) is 0 Å². The molecule has 0 aliphatic heterocycles. The van der Waals surface area contributed by atoms with Gasteiger partial charge in [0.15, 0.2) is 0 Å². The molecule has 8 rings (SSSR count). The Hall–Kier alpha value is -6.12. The van der Waals surface area contributed by atoms with E-state index in [9.17, 15) is 30.6 Å². The van der Waals surface area contributed by atoms with Crippen LogP contribution in [0.4, 0.5) is 0 Å². The second-order valence-corrected chi connectivity index (χ2v) is 12.7. The largest absolute Gasteiger partial charge is 0.507 e. The first-order valence-electron chi connectivity index (χ1n) is 16.6. The van der Waals surface area contributed by atoms with Gasteiger partial charge in [-0.3, -0.25) is 0 Å². The average molecular weight is 675 g/mol. The van der Waals surface area contributed by atoms with Crippen molar-refractivity contribution in [3.63, 3.8) is 0 Å². The fourth-order valence-corrected chi connectivity index (χ4v) is 7.32. The van der Waals surface area contributed by atoms with Crippen molar-refractivity contribution in [2.24, 2.45) is 0 Å². The summed E-state index contributed by atoms with van der Waals surface area (Å²) < 4.78 is 6.25. The summed E-state index contributed by atoms with van der Waals surface area (Å²) in [5, 5.41) is 73.0. The van der Waals surface area contributed by atoms with E-state index in [2.05, 4.69) is 0 Å². The molecule has 252 valence electrons. The van der Waals surface area contributed by atoms with Crippen LogP contribution in [0.3, 0.4) is 0 Å². The number of aromatic hydroxyl groups is 4. The Morgan fingerprint density at radius 1 is 0.353 bits per heavy atom. The lowest BCUT2D eigenvalue weighted by Crippen LogP contribution is -1.99. The highest BCUT2D eigenvalue weighted by molar-refractivity contribution is 6.12. The van der Waals surface area contributed by atoms with Gasteiger partial charge >= 0.3 is 0 Å². The number of ether oxygens (including phenoxy) is 1. The lowest BCUT2D eigenvalue weighted by atomic mass is 9.89. The molecule has 0 saturated heterocycles. The van der Waals surface area contributed by atoms with Crippen LogP contribution in [-0.4, -0.2) is 30.6 Å². The lowest BCUT2D eigenvalue weighted by molar-refractivity contribution is 0.104. The molecular formula is C44H34O7. The molecule has 0 amide bonds. The van der Waals surface area contributed by atoms with Gasteiger partial charge in [-0.15, -0.1) is 0 Å². The standard InChI is InChI=1S/C44H34O7/c45-21-29-17-25-9-1-5-13-33(25)37(41(29)47)39-35-15-7-3-11-27(35)19-31(43(39)49)23-51-24-32-20-28-12-4-8-16-36(28)40(44(32)50)38-34-14-6-2-10-26(34)18-30(22-46)42(38)48/h1-20,45-50H,21-24H2. The number of fused-ring (bicyclic) bond motifs is 4. The Labute approximate surface area is 293 Å². The number of rotatable bonds is 8. The molecule has 0 heterocycles. The van der Waals surface area contributed by atoms with Gasteiger partial charge in [0.1, 0.15) is 23.0 Å². The minimum absolute atomic E-state index is 0.0299. The second-order valence-electron chi connectivity index (χ2n) is 12.7. The predicted molar refractivity (Wildman–Crippen MR) is 201 cm³/mol. The van der Waals surface area contributed by atoms with Crippen molar-refractivity contribution in [2.75, 3.05) is 0 Å². The summed E-state index contributed by atoms with van der Waals surface area (Å²) in [5.74, 6) is -0.344. The van der Waals surface area contributed by atoms with E-state index in [1.54, 1.807) is 12.1 Å². The zero-order valence-corrected chi connectivity index (χ0v) is 27.5. The monoisotopic (exact) mass is 674 g/mol. The van der Waals surface area contributed by atoms with Gasteiger partial charge in [-0.2, -0.15) is 0 Å². The molecule has 0 aliphatic carbocycles. The Kier molecular flexibility index (Phi) is 8.16. The van der Waals surface area contributed by atoms with E-state index >= 15 is 0 Å². The van der Waals surface area contributed by atoms with E-state index in [1.807, 2.05) is 109 Å². The van der Waals surface area contributed by atoms with Crippen molar-refractivity contribution in [3.8, 4) is 45.3 Å². The zero-order valence-electron chi connectivity index (χ0n) is 27.5. The summed E-state index contributed by atoms with van der Waals surface area (Å²) in [5.41, 5.74) is 3.33. The van der Waals surface area contributed by atoms with Crippen LogP contribution in [0.1, 0.15) is 22.3 Å². The molecule has 7 heteroatoms. The van der Waals surface area contributed by atoms with Gasteiger partial charge in [0, 0.05) is 44.5 Å². The maximum absolute atomic E-state index is 11.9. The minimum atomic E-state index is -0.375. The summed E-state index contributed by atoms with van der Waals surface area (Å²) in [7, 11) is 0. The van der Waals surface area contributed by atoms with Crippen LogP contribution in [0.2, 0.25) is 0 Å². The quantitative estimate of drug-likeness (QED) is 0.0948. The van der Waals surface area contributed by atoms with Crippen LogP contribution in [0.5, 0.6) is 23.0 Å². The van der Waals surface area contributed by atoms with Crippen LogP contribution in [0.25, 0.3) is 65.3 Å². The number of aliphatic hydroxyl groups is 2. The first kappa shape index (κ1) is 32.1. The van der Waals surface area contributed by atoms with Crippen LogP contribution >= 0.6 is 0 Å². The number of aliphatic hydroxyl groups excluding tert-OH is 2. The van der Waals surface area contributed by atoms with Gasteiger partial charge in [-0.1, -0.05) is 97.1 Å². The van der Waals surface area contributed by atoms with Crippen LogP contribution in [0, 0.1) is 0 Å². The van der Waals surface area contributed by atoms with Crippen molar-refractivity contribution in [2.45, 2.75) is 26.4 Å². The van der Waals surface area contributed by atoms with Crippen molar-refractivity contribution >= 4 is 43.1 Å². The van der Waals surface area contributed by atoms with E-state index in [0.29, 0.717) is 44.5 Å². The third-order valence-corrected chi connectivity index (χ3v) is 9.76. The Morgan fingerprint density at radius 2 is 0.608 bits per heavy atom. The summed E-state index contributed by atoms with van der Waals surface area (Å²) in [4.78, 5) is 0. The van der Waals surface area contributed by atoms with Gasteiger partial charge in [0.2, 0.25) is 0 Å². The minimum Gasteiger partial charge on any atom is -0.507 e. The highest BCUT2D eigenvalue weighted by Crippen LogP contribution is 2.49. The highest BCUT2D eigenvalue weighted by Gasteiger charge is 2.24. The molecule has 6 N–H and O–H groups in total. The van der Waals surface area contributed by atoms with Crippen LogP contribution in [-0.2, 0) is 31.2 Å². The van der Waals surface area contributed by atoms with E-state index in [0.717, 1.165) is 43.1 Å². The van der Waals surface area contributed by atoms with E-state index in [-0.39, 0.29) is 49.4 Å². The molecule has 8 aromatic rings. The lowest BCUT2D eigenvalue weighted by Gasteiger charge is -2.20. The number of phenols is 4. The average Bonchev–Trinajstić information content (AvgIpc) is 3.16.